The molecule has 0 heterocycles. The fourth-order valence-electron chi connectivity index (χ4n) is 3.83. The molecular weight excluding hydrogens is 428 g/mol. The number of rotatable bonds is 21. The Hall–Kier alpha value is -1.14. The molecule has 0 aromatic carbocycles. The van der Waals surface area contributed by atoms with Crippen molar-refractivity contribution in [2.24, 2.45) is 0 Å². The highest BCUT2D eigenvalue weighted by Gasteiger charge is 2.00. The average Bonchev–Trinajstić information content (AvgIpc) is 2.77. The third-order valence-corrected chi connectivity index (χ3v) is 5.27. The Labute approximate surface area is 212 Å². The molecular formula is C28H60N2O4. The van der Waals surface area contributed by atoms with Gasteiger partial charge in [0, 0.05) is 12.8 Å². The number of unbranched alkanes of at least 4 members (excludes halogenated alkanes) is 5. The van der Waals surface area contributed by atoms with E-state index in [1.165, 1.54) is 77.8 Å². The van der Waals surface area contributed by atoms with Gasteiger partial charge in [0.25, 0.3) is 0 Å². The van der Waals surface area contributed by atoms with Crippen LogP contribution in [0.4, 0.5) is 0 Å². The molecule has 0 aliphatic heterocycles. The van der Waals surface area contributed by atoms with Gasteiger partial charge < -0.3 is 20.0 Å². The first-order valence-electron chi connectivity index (χ1n) is 14.2. The molecule has 0 aromatic rings. The van der Waals surface area contributed by atoms with Crippen molar-refractivity contribution in [3.63, 3.8) is 0 Å². The van der Waals surface area contributed by atoms with E-state index < -0.39 is 11.9 Å². The molecule has 0 aliphatic rings. The molecule has 206 valence electrons. The normalized spacial score (nSPS) is 10.5. The first-order chi connectivity index (χ1) is 16.3. The minimum Gasteiger partial charge on any atom is -0.481 e. The second-order valence-electron chi connectivity index (χ2n) is 9.09. The Morgan fingerprint density at radius 1 is 0.441 bits per heavy atom. The molecule has 0 saturated carbocycles. The summed E-state index contributed by atoms with van der Waals surface area (Å²) in [6.07, 6.45) is 13.6. The molecule has 6 nitrogen and oxygen atoms in total. The lowest BCUT2D eigenvalue weighted by atomic mass is 10.1. The molecule has 0 aromatic heterocycles. The van der Waals surface area contributed by atoms with Crippen molar-refractivity contribution in [2.45, 2.75) is 131 Å². The maximum atomic E-state index is 10.1. The lowest BCUT2D eigenvalue weighted by molar-refractivity contribution is -0.138. The molecule has 0 unspecified atom stereocenters. The van der Waals surface area contributed by atoms with Gasteiger partial charge >= 0.3 is 11.9 Å². The molecule has 6 heteroatoms. The SMILES string of the molecule is CCCN(CCC)CCC.CCCN(CCC)CCC.O=C(O)CCCCCCCCC(=O)O. The molecule has 2 N–H and O–H groups in total. The number of carboxylic acids is 2. The minimum absolute atomic E-state index is 0.245. The second-order valence-corrected chi connectivity index (χ2v) is 9.09. The van der Waals surface area contributed by atoms with Crippen molar-refractivity contribution < 1.29 is 19.8 Å². The van der Waals surface area contributed by atoms with Gasteiger partial charge in [0.05, 0.1) is 0 Å². The third-order valence-electron chi connectivity index (χ3n) is 5.27. The van der Waals surface area contributed by atoms with Gasteiger partial charge in [-0.2, -0.15) is 0 Å². The minimum atomic E-state index is -0.740. The van der Waals surface area contributed by atoms with E-state index in [1.54, 1.807) is 0 Å². The quantitative estimate of drug-likeness (QED) is 0.165. The number of hydrogen-bond donors (Lipinski definition) is 2. The zero-order chi connectivity index (χ0) is 26.5. The van der Waals surface area contributed by atoms with Crippen LogP contribution in [-0.4, -0.2) is 71.2 Å². The number of nitrogens with zero attached hydrogens (tertiary/aromatic N) is 2. The van der Waals surface area contributed by atoms with Crippen molar-refractivity contribution >= 4 is 11.9 Å². The van der Waals surface area contributed by atoms with E-state index in [0.29, 0.717) is 0 Å². The summed E-state index contributed by atoms with van der Waals surface area (Å²) in [5, 5.41) is 16.7. The van der Waals surface area contributed by atoms with Gasteiger partial charge in [-0.25, -0.2) is 0 Å². The van der Waals surface area contributed by atoms with Crippen LogP contribution >= 0.6 is 0 Å². The van der Waals surface area contributed by atoms with E-state index in [9.17, 15) is 9.59 Å². The maximum absolute atomic E-state index is 10.1. The van der Waals surface area contributed by atoms with Gasteiger partial charge in [-0.1, -0.05) is 67.2 Å². The molecule has 0 radical (unpaired) electrons. The lowest BCUT2D eigenvalue weighted by Gasteiger charge is -2.19. The van der Waals surface area contributed by atoms with Crippen LogP contribution in [0.15, 0.2) is 0 Å². The van der Waals surface area contributed by atoms with E-state index in [2.05, 4.69) is 51.3 Å². The number of carbonyl (C=O) groups is 2. The van der Waals surface area contributed by atoms with E-state index in [4.69, 9.17) is 10.2 Å². The molecule has 0 aliphatic carbocycles. The molecule has 0 spiro atoms. The van der Waals surface area contributed by atoms with Gasteiger partial charge in [-0.05, 0) is 90.6 Å². The molecule has 0 fully saturated rings. The Morgan fingerprint density at radius 2 is 0.647 bits per heavy atom. The van der Waals surface area contributed by atoms with Gasteiger partial charge in [-0.3, -0.25) is 9.59 Å². The smallest absolute Gasteiger partial charge is 0.303 e. The summed E-state index contributed by atoms with van der Waals surface area (Å²) in [4.78, 5) is 25.4. The average molecular weight is 489 g/mol. The molecule has 0 amide bonds. The summed E-state index contributed by atoms with van der Waals surface area (Å²) in [7, 11) is 0. The van der Waals surface area contributed by atoms with Crippen LogP contribution < -0.4 is 0 Å². The van der Waals surface area contributed by atoms with Crippen LogP contribution in [0.5, 0.6) is 0 Å². The maximum Gasteiger partial charge on any atom is 0.303 e. The summed E-state index contributed by atoms with van der Waals surface area (Å²) in [6, 6.07) is 0. The van der Waals surface area contributed by atoms with Crippen LogP contribution in [0, 0.1) is 0 Å². The molecule has 0 saturated heterocycles. The van der Waals surface area contributed by atoms with Gasteiger partial charge in [0.2, 0.25) is 0 Å². The number of hydrogen-bond acceptors (Lipinski definition) is 4. The molecule has 0 bridgehead atoms. The highest BCUT2D eigenvalue weighted by atomic mass is 16.4. The van der Waals surface area contributed by atoms with E-state index in [0.717, 1.165) is 38.5 Å². The third kappa shape index (κ3) is 35.4. The summed E-state index contributed by atoms with van der Waals surface area (Å²) in [6.45, 7) is 21.2. The topological polar surface area (TPSA) is 81.1 Å². The summed E-state index contributed by atoms with van der Waals surface area (Å²) in [5.41, 5.74) is 0. The van der Waals surface area contributed by atoms with Gasteiger partial charge in [0.1, 0.15) is 0 Å². The van der Waals surface area contributed by atoms with E-state index >= 15 is 0 Å². The zero-order valence-electron chi connectivity index (χ0n) is 23.7. The van der Waals surface area contributed by atoms with Crippen molar-refractivity contribution in [1.29, 1.82) is 0 Å². The summed E-state index contributed by atoms with van der Waals surface area (Å²) in [5.74, 6) is -1.48. The Balaban J connectivity index is -0.000000434. The molecule has 0 atom stereocenters. The lowest BCUT2D eigenvalue weighted by Crippen LogP contribution is -2.26. The highest BCUT2D eigenvalue weighted by Crippen LogP contribution is 2.08. The Morgan fingerprint density at radius 3 is 0.824 bits per heavy atom. The van der Waals surface area contributed by atoms with Crippen LogP contribution in [0.3, 0.4) is 0 Å². The van der Waals surface area contributed by atoms with Crippen LogP contribution in [0.25, 0.3) is 0 Å². The highest BCUT2D eigenvalue weighted by molar-refractivity contribution is 5.66. The summed E-state index contributed by atoms with van der Waals surface area (Å²) >= 11 is 0. The fraction of sp³-hybridized carbons (Fsp3) is 0.929. The van der Waals surface area contributed by atoms with Crippen molar-refractivity contribution in [3.05, 3.63) is 0 Å². The van der Waals surface area contributed by atoms with Crippen LogP contribution in [0.1, 0.15) is 131 Å². The molecule has 0 rings (SSSR count). The first kappa shape index (κ1) is 37.4. The Bertz CT molecular complexity index is 353. The second kappa shape index (κ2) is 31.9. The predicted molar refractivity (Wildman–Crippen MR) is 147 cm³/mol. The van der Waals surface area contributed by atoms with Crippen molar-refractivity contribution in [3.8, 4) is 0 Å². The first-order valence-corrected chi connectivity index (χ1v) is 14.2. The van der Waals surface area contributed by atoms with Gasteiger partial charge in [-0.15, -0.1) is 0 Å². The Kier molecular flexibility index (Phi) is 35.1. The molecule has 34 heavy (non-hydrogen) atoms. The zero-order valence-corrected chi connectivity index (χ0v) is 23.7. The van der Waals surface area contributed by atoms with Crippen molar-refractivity contribution in [2.75, 3.05) is 39.3 Å². The number of aliphatic carboxylic acids is 2. The fourth-order valence-corrected chi connectivity index (χ4v) is 3.83. The van der Waals surface area contributed by atoms with Gasteiger partial charge in [0.15, 0.2) is 0 Å². The standard InChI is InChI=1S/C10H18O4.2C9H21N/c11-9(12)7-5-3-1-2-4-6-8-10(13)14;2*1-4-7-10(8-5-2)9-6-3/h1-8H2,(H,11,12)(H,13,14);2*4-9H2,1-3H3. The van der Waals surface area contributed by atoms with Crippen LogP contribution in [-0.2, 0) is 9.59 Å². The monoisotopic (exact) mass is 488 g/mol. The van der Waals surface area contributed by atoms with E-state index in [1.807, 2.05) is 0 Å². The van der Waals surface area contributed by atoms with Crippen molar-refractivity contribution in [1.82, 2.24) is 9.80 Å². The van der Waals surface area contributed by atoms with E-state index in [-0.39, 0.29) is 12.8 Å². The summed E-state index contributed by atoms with van der Waals surface area (Å²) < 4.78 is 0. The predicted octanol–water partition coefficient (Wildman–Crippen LogP) is 7.31. The van der Waals surface area contributed by atoms with Crippen LogP contribution in [0.2, 0.25) is 0 Å². The number of carboxylic acid groups (broad SMARTS) is 2. The largest absolute Gasteiger partial charge is 0.481 e.